The fourth-order valence-electron chi connectivity index (χ4n) is 4.79. The van der Waals surface area contributed by atoms with Crippen molar-refractivity contribution >= 4 is 26.5 Å². The normalized spacial score (nSPS) is 22.3. The third-order valence-electron chi connectivity index (χ3n) is 6.18. The number of hydrogen-bond acceptors (Lipinski definition) is 3. The predicted molar refractivity (Wildman–Crippen MR) is 113 cm³/mol. The summed E-state index contributed by atoms with van der Waals surface area (Å²) in [6.07, 6.45) is 0.849. The van der Waals surface area contributed by atoms with Crippen molar-refractivity contribution in [2.45, 2.75) is 30.2 Å². The molecule has 0 N–H and O–H groups in total. The first-order valence-corrected chi connectivity index (χ1v) is 11.2. The number of nitrogens with zero attached hydrogens (tertiary/aromatic N) is 2. The van der Waals surface area contributed by atoms with E-state index in [9.17, 15) is 8.42 Å². The van der Waals surface area contributed by atoms with E-state index in [1.165, 1.54) is 11.1 Å². The third-order valence-corrected chi connectivity index (χ3v) is 8.01. The number of likely N-dealkylation sites (N-methyl/N-ethyl adjacent to an activating group) is 1. The molecule has 2 aliphatic heterocycles. The molecule has 0 amide bonds. The molecule has 0 saturated carbocycles. The van der Waals surface area contributed by atoms with E-state index >= 15 is 0 Å². The lowest BCUT2D eigenvalue weighted by molar-refractivity contribution is 0.237. The Morgan fingerprint density at radius 2 is 1.75 bits per heavy atom. The highest BCUT2D eigenvalue weighted by Crippen LogP contribution is 2.47. The number of rotatable bonds is 2. The van der Waals surface area contributed by atoms with Crippen molar-refractivity contribution in [3.05, 3.63) is 71.8 Å². The van der Waals surface area contributed by atoms with Gasteiger partial charge in [-0.3, -0.25) is 4.31 Å². The summed E-state index contributed by atoms with van der Waals surface area (Å²) in [5.41, 5.74) is 3.20. The summed E-state index contributed by atoms with van der Waals surface area (Å²) in [4.78, 5) is 2.68. The number of likely N-dealkylation sites (tertiary alicyclic amines) is 1. The topological polar surface area (TPSA) is 40.6 Å². The van der Waals surface area contributed by atoms with E-state index in [0.717, 1.165) is 36.0 Å². The summed E-state index contributed by atoms with van der Waals surface area (Å²) >= 11 is 0. The lowest BCUT2D eigenvalue weighted by Gasteiger charge is -2.36. The Kier molecular flexibility index (Phi) is 4.00. The molecule has 0 spiro atoms. The molecular weight excluding hydrogens is 368 g/mol. The Hall–Kier alpha value is -2.37. The van der Waals surface area contributed by atoms with Crippen LogP contribution in [0.25, 0.3) is 10.8 Å². The molecule has 3 aromatic carbocycles. The Morgan fingerprint density at radius 1 is 0.964 bits per heavy atom. The van der Waals surface area contributed by atoms with Crippen molar-refractivity contribution in [2.75, 3.05) is 24.4 Å². The van der Waals surface area contributed by atoms with Crippen LogP contribution in [0.2, 0.25) is 0 Å². The van der Waals surface area contributed by atoms with Gasteiger partial charge in [-0.25, -0.2) is 8.42 Å². The molecule has 2 heterocycles. The summed E-state index contributed by atoms with van der Waals surface area (Å²) in [6, 6.07) is 19.5. The molecule has 0 aliphatic carbocycles. The van der Waals surface area contributed by atoms with E-state index in [1.54, 1.807) is 16.4 Å². The molecule has 1 saturated heterocycles. The average molecular weight is 393 g/mol. The Labute approximate surface area is 166 Å². The van der Waals surface area contributed by atoms with E-state index in [-0.39, 0.29) is 12.0 Å². The van der Waals surface area contributed by atoms with Crippen molar-refractivity contribution in [1.82, 2.24) is 4.90 Å². The number of anilines is 1. The number of benzene rings is 3. The van der Waals surface area contributed by atoms with Crippen LogP contribution in [0, 0.1) is 6.92 Å². The second-order valence-electron chi connectivity index (χ2n) is 8.10. The van der Waals surface area contributed by atoms with Gasteiger partial charge in [0.15, 0.2) is 0 Å². The largest absolute Gasteiger partial charge is 0.306 e. The molecule has 28 heavy (non-hydrogen) atoms. The van der Waals surface area contributed by atoms with Crippen LogP contribution < -0.4 is 4.31 Å². The minimum absolute atomic E-state index is 0.00975. The smallest absolute Gasteiger partial charge is 0.264 e. The molecule has 2 aliphatic rings. The lowest BCUT2D eigenvalue weighted by Crippen LogP contribution is -2.47. The molecule has 5 rings (SSSR count). The molecule has 5 heteroatoms. The molecule has 0 radical (unpaired) electrons. The number of hydrogen-bond donors (Lipinski definition) is 0. The quantitative estimate of drug-likeness (QED) is 0.658. The van der Waals surface area contributed by atoms with Gasteiger partial charge in [-0.15, -0.1) is 0 Å². The van der Waals surface area contributed by atoms with E-state index < -0.39 is 10.0 Å². The van der Waals surface area contributed by atoms with Gasteiger partial charge >= 0.3 is 0 Å². The SMILES string of the molecule is Cc1ccc2c(c1)[C@H]1CN(C)CC[C@@H]1N2S(=O)(=O)c1ccc2ccccc2c1. The molecule has 1 fully saturated rings. The van der Waals surface area contributed by atoms with Gasteiger partial charge in [-0.05, 0) is 61.5 Å². The van der Waals surface area contributed by atoms with Crippen LogP contribution in [0.1, 0.15) is 23.5 Å². The first kappa shape index (κ1) is 17.7. The van der Waals surface area contributed by atoms with Crippen LogP contribution in [0.3, 0.4) is 0 Å². The van der Waals surface area contributed by atoms with E-state index in [1.807, 2.05) is 42.5 Å². The van der Waals surface area contributed by atoms with Crippen LogP contribution in [0.4, 0.5) is 5.69 Å². The second kappa shape index (κ2) is 6.33. The monoisotopic (exact) mass is 392 g/mol. The van der Waals surface area contributed by atoms with Gasteiger partial charge in [0.05, 0.1) is 16.6 Å². The summed E-state index contributed by atoms with van der Waals surface area (Å²) in [6.45, 7) is 3.88. The van der Waals surface area contributed by atoms with Gasteiger partial charge in [0.2, 0.25) is 0 Å². The highest BCUT2D eigenvalue weighted by atomic mass is 32.2. The van der Waals surface area contributed by atoms with Gasteiger partial charge < -0.3 is 4.90 Å². The summed E-state index contributed by atoms with van der Waals surface area (Å²) < 4.78 is 29.3. The minimum atomic E-state index is -3.63. The summed E-state index contributed by atoms with van der Waals surface area (Å²) in [7, 11) is -1.51. The molecular formula is C23H24N2O2S. The lowest BCUT2D eigenvalue weighted by atomic mass is 9.89. The van der Waals surface area contributed by atoms with E-state index in [4.69, 9.17) is 0 Å². The Morgan fingerprint density at radius 3 is 2.57 bits per heavy atom. The van der Waals surface area contributed by atoms with Crippen molar-refractivity contribution in [3.63, 3.8) is 0 Å². The fraction of sp³-hybridized carbons (Fsp3) is 0.304. The highest BCUT2D eigenvalue weighted by Gasteiger charge is 2.46. The molecule has 0 aromatic heterocycles. The minimum Gasteiger partial charge on any atom is -0.306 e. The number of sulfonamides is 1. The van der Waals surface area contributed by atoms with Crippen molar-refractivity contribution < 1.29 is 8.42 Å². The van der Waals surface area contributed by atoms with Crippen molar-refractivity contribution in [2.24, 2.45) is 0 Å². The van der Waals surface area contributed by atoms with Gasteiger partial charge in [-0.2, -0.15) is 0 Å². The predicted octanol–water partition coefficient (Wildman–Crippen LogP) is 4.14. The first-order valence-electron chi connectivity index (χ1n) is 9.77. The highest BCUT2D eigenvalue weighted by molar-refractivity contribution is 7.93. The fourth-order valence-corrected chi connectivity index (χ4v) is 6.57. The van der Waals surface area contributed by atoms with Crippen molar-refractivity contribution in [1.29, 1.82) is 0 Å². The third kappa shape index (κ3) is 2.65. The molecule has 4 nitrogen and oxygen atoms in total. The van der Waals surface area contributed by atoms with Gasteiger partial charge in [0.25, 0.3) is 10.0 Å². The van der Waals surface area contributed by atoms with Crippen LogP contribution in [0.5, 0.6) is 0 Å². The van der Waals surface area contributed by atoms with Crippen LogP contribution in [-0.4, -0.2) is 39.5 Å². The maximum Gasteiger partial charge on any atom is 0.264 e. The van der Waals surface area contributed by atoms with E-state index in [0.29, 0.717) is 4.90 Å². The number of aryl methyl sites for hydroxylation is 1. The Bertz CT molecular complexity index is 1170. The zero-order valence-electron chi connectivity index (χ0n) is 16.2. The van der Waals surface area contributed by atoms with Crippen LogP contribution >= 0.6 is 0 Å². The molecule has 2 atom stereocenters. The maximum atomic E-state index is 13.8. The molecule has 0 bridgehead atoms. The van der Waals surface area contributed by atoms with Crippen LogP contribution in [-0.2, 0) is 10.0 Å². The van der Waals surface area contributed by atoms with Crippen molar-refractivity contribution in [3.8, 4) is 0 Å². The average Bonchev–Trinajstić information content (AvgIpc) is 3.01. The molecule has 0 unspecified atom stereocenters. The number of piperidine rings is 1. The van der Waals surface area contributed by atoms with Crippen LogP contribution in [0.15, 0.2) is 65.6 Å². The van der Waals surface area contributed by atoms with E-state index in [2.05, 4.69) is 24.9 Å². The molecule has 144 valence electrons. The summed E-state index contributed by atoms with van der Waals surface area (Å²) in [5, 5.41) is 2.00. The van der Waals surface area contributed by atoms with Gasteiger partial charge in [0.1, 0.15) is 0 Å². The Balaban J connectivity index is 1.66. The molecule has 3 aromatic rings. The number of fused-ring (bicyclic) bond motifs is 4. The van der Waals surface area contributed by atoms with Gasteiger partial charge in [0, 0.05) is 12.5 Å². The maximum absolute atomic E-state index is 13.8. The first-order chi connectivity index (χ1) is 13.4. The zero-order valence-corrected chi connectivity index (χ0v) is 17.0. The van der Waals surface area contributed by atoms with Gasteiger partial charge in [-0.1, -0.05) is 48.0 Å². The second-order valence-corrected chi connectivity index (χ2v) is 9.91. The standard InChI is InChI=1S/C23H24N2O2S/c1-16-7-10-22-20(13-16)21-15-24(2)12-11-23(21)25(22)28(26,27)19-9-8-17-5-3-4-6-18(17)14-19/h3-10,13-14,21,23H,11-12,15H2,1-2H3/t21-,23+/m1/s1. The zero-order chi connectivity index (χ0) is 19.5. The summed E-state index contributed by atoms with van der Waals surface area (Å²) in [5.74, 6) is 0.226.